The first kappa shape index (κ1) is 16.3. The van der Waals surface area contributed by atoms with Crippen molar-refractivity contribution in [1.29, 1.82) is 0 Å². The van der Waals surface area contributed by atoms with E-state index in [9.17, 15) is 9.59 Å². The van der Waals surface area contributed by atoms with E-state index in [2.05, 4.69) is 0 Å². The lowest BCUT2D eigenvalue weighted by molar-refractivity contribution is -0.139. The number of carbonyl (C=O) groups is 1. The molecule has 2 aromatic rings. The van der Waals surface area contributed by atoms with Gasteiger partial charge in [0.2, 0.25) is 5.91 Å². The van der Waals surface area contributed by atoms with Crippen molar-refractivity contribution in [2.75, 3.05) is 19.8 Å². The fourth-order valence-corrected chi connectivity index (χ4v) is 3.54. The van der Waals surface area contributed by atoms with Gasteiger partial charge in [0, 0.05) is 25.4 Å². The third-order valence-corrected chi connectivity index (χ3v) is 5.04. The number of rotatable bonds is 4. The van der Waals surface area contributed by atoms with E-state index in [1.54, 1.807) is 0 Å². The molecule has 1 aromatic carbocycles. The second-order valence-electron chi connectivity index (χ2n) is 6.96. The largest absolute Gasteiger partial charge is 0.377 e. The number of amides is 1. The Morgan fingerprint density at radius 2 is 2.12 bits per heavy atom. The number of benzene rings is 1. The van der Waals surface area contributed by atoms with Crippen LogP contribution >= 0.6 is 0 Å². The molecule has 1 saturated heterocycles. The number of nitrogens with zero attached hydrogens (tertiary/aromatic N) is 3. The number of morpholine rings is 1. The summed E-state index contributed by atoms with van der Waals surface area (Å²) < 4.78 is 7.21. The molecule has 1 atom stereocenters. The summed E-state index contributed by atoms with van der Waals surface area (Å²) in [5.74, 6) is 0.848. The molecule has 0 bridgehead atoms. The highest BCUT2D eigenvalue weighted by atomic mass is 16.5. The molecule has 0 unspecified atom stereocenters. The van der Waals surface area contributed by atoms with Crippen molar-refractivity contribution < 1.29 is 9.53 Å². The second kappa shape index (κ2) is 6.59. The SMILES string of the molecule is C[C@@H]1COCCN1C(=O)CCc1nc2ccccc2c(=O)n1C1CC1. The summed E-state index contributed by atoms with van der Waals surface area (Å²) in [4.78, 5) is 32.0. The van der Waals surface area contributed by atoms with Gasteiger partial charge >= 0.3 is 0 Å². The van der Waals surface area contributed by atoms with E-state index in [0.717, 1.165) is 18.7 Å². The van der Waals surface area contributed by atoms with Crippen LogP contribution in [0.25, 0.3) is 10.9 Å². The van der Waals surface area contributed by atoms with Crippen molar-refractivity contribution >= 4 is 16.8 Å². The van der Waals surface area contributed by atoms with Crippen LogP contribution in [0.2, 0.25) is 0 Å². The van der Waals surface area contributed by atoms with Crippen molar-refractivity contribution in [2.45, 2.75) is 44.7 Å². The lowest BCUT2D eigenvalue weighted by atomic mass is 10.2. The molecule has 6 heteroatoms. The van der Waals surface area contributed by atoms with Gasteiger partial charge in [-0.25, -0.2) is 4.98 Å². The monoisotopic (exact) mass is 341 g/mol. The molecular formula is C19H23N3O3. The standard InChI is InChI=1S/C19H23N3O3/c1-13-12-25-11-10-21(13)18(23)9-8-17-20-16-5-3-2-4-15(16)19(24)22(17)14-6-7-14/h2-5,13-14H,6-12H2,1H3/t13-/m1/s1. The van der Waals surface area contributed by atoms with E-state index in [1.807, 2.05) is 40.7 Å². The first-order valence-electron chi connectivity index (χ1n) is 9.02. The van der Waals surface area contributed by atoms with Gasteiger partial charge in [0.05, 0.1) is 30.2 Å². The van der Waals surface area contributed by atoms with Crippen LogP contribution in [0.15, 0.2) is 29.1 Å². The van der Waals surface area contributed by atoms with Crippen molar-refractivity contribution in [2.24, 2.45) is 0 Å². The Labute approximate surface area is 146 Å². The van der Waals surface area contributed by atoms with Crippen molar-refractivity contribution in [3.63, 3.8) is 0 Å². The van der Waals surface area contributed by atoms with Gasteiger partial charge in [-0.1, -0.05) is 12.1 Å². The number of fused-ring (bicyclic) bond motifs is 1. The normalized spacial score (nSPS) is 20.8. The molecule has 0 radical (unpaired) electrons. The number of hydrogen-bond donors (Lipinski definition) is 0. The fraction of sp³-hybridized carbons (Fsp3) is 0.526. The van der Waals surface area contributed by atoms with Crippen LogP contribution in [0.4, 0.5) is 0 Å². The first-order valence-corrected chi connectivity index (χ1v) is 9.02. The highest BCUT2D eigenvalue weighted by Gasteiger charge is 2.29. The molecule has 1 saturated carbocycles. The van der Waals surface area contributed by atoms with Crippen LogP contribution in [0.1, 0.15) is 38.1 Å². The summed E-state index contributed by atoms with van der Waals surface area (Å²) in [6, 6.07) is 7.80. The Morgan fingerprint density at radius 3 is 2.88 bits per heavy atom. The number of carbonyl (C=O) groups excluding carboxylic acids is 1. The smallest absolute Gasteiger partial charge is 0.261 e. The molecule has 2 fully saturated rings. The average Bonchev–Trinajstić information content (AvgIpc) is 3.45. The Hall–Kier alpha value is -2.21. The van der Waals surface area contributed by atoms with Crippen LogP contribution in [0, 0.1) is 0 Å². The Kier molecular flexibility index (Phi) is 4.29. The molecule has 1 aliphatic carbocycles. The second-order valence-corrected chi connectivity index (χ2v) is 6.96. The van der Waals surface area contributed by atoms with E-state index < -0.39 is 0 Å². The van der Waals surface area contributed by atoms with Crippen molar-refractivity contribution in [3.8, 4) is 0 Å². The molecule has 6 nitrogen and oxygen atoms in total. The first-order chi connectivity index (χ1) is 12.1. The molecule has 0 spiro atoms. The number of aryl methyl sites for hydroxylation is 1. The molecule has 25 heavy (non-hydrogen) atoms. The zero-order valence-corrected chi connectivity index (χ0v) is 14.5. The van der Waals surface area contributed by atoms with Crippen LogP contribution in [0.5, 0.6) is 0 Å². The van der Waals surface area contributed by atoms with Crippen molar-refractivity contribution in [1.82, 2.24) is 14.5 Å². The molecule has 1 aromatic heterocycles. The molecule has 1 aliphatic heterocycles. The minimum atomic E-state index is 0.0234. The predicted molar refractivity (Wildman–Crippen MR) is 94.6 cm³/mol. The average molecular weight is 341 g/mol. The van der Waals surface area contributed by atoms with Gasteiger partial charge in [0.25, 0.3) is 5.56 Å². The van der Waals surface area contributed by atoms with E-state index in [0.29, 0.717) is 43.5 Å². The van der Waals surface area contributed by atoms with Gasteiger partial charge in [-0.3, -0.25) is 14.2 Å². The highest BCUT2D eigenvalue weighted by molar-refractivity contribution is 5.78. The maximum absolute atomic E-state index is 12.8. The topological polar surface area (TPSA) is 64.4 Å². The fourth-order valence-electron chi connectivity index (χ4n) is 3.54. The van der Waals surface area contributed by atoms with Gasteiger partial charge < -0.3 is 9.64 Å². The maximum Gasteiger partial charge on any atom is 0.261 e. The quantitative estimate of drug-likeness (QED) is 0.852. The molecule has 132 valence electrons. The Balaban J connectivity index is 1.59. The van der Waals surface area contributed by atoms with E-state index >= 15 is 0 Å². The maximum atomic E-state index is 12.8. The lowest BCUT2D eigenvalue weighted by Crippen LogP contribution is -2.47. The minimum Gasteiger partial charge on any atom is -0.377 e. The van der Waals surface area contributed by atoms with Gasteiger partial charge in [-0.2, -0.15) is 0 Å². The Bertz CT molecular complexity index is 857. The van der Waals surface area contributed by atoms with Crippen molar-refractivity contribution in [3.05, 3.63) is 40.4 Å². The highest BCUT2D eigenvalue weighted by Crippen LogP contribution is 2.35. The zero-order chi connectivity index (χ0) is 17.4. The van der Waals surface area contributed by atoms with Gasteiger partial charge in [-0.15, -0.1) is 0 Å². The summed E-state index contributed by atoms with van der Waals surface area (Å²) >= 11 is 0. The minimum absolute atomic E-state index is 0.0234. The number of ether oxygens (including phenoxy) is 1. The summed E-state index contributed by atoms with van der Waals surface area (Å²) in [6.07, 6.45) is 2.91. The summed E-state index contributed by atoms with van der Waals surface area (Å²) in [5, 5.41) is 0.659. The Morgan fingerprint density at radius 1 is 1.32 bits per heavy atom. The van der Waals surface area contributed by atoms with Crippen LogP contribution < -0.4 is 5.56 Å². The third-order valence-electron chi connectivity index (χ3n) is 5.04. The van der Waals surface area contributed by atoms with Crippen LogP contribution in [-0.2, 0) is 16.0 Å². The molecule has 2 aliphatic rings. The lowest BCUT2D eigenvalue weighted by Gasteiger charge is -2.33. The molecule has 1 amide bonds. The van der Waals surface area contributed by atoms with Crippen LogP contribution in [0.3, 0.4) is 0 Å². The van der Waals surface area contributed by atoms with Crippen LogP contribution in [-0.4, -0.2) is 46.2 Å². The van der Waals surface area contributed by atoms with Gasteiger partial charge in [0.1, 0.15) is 5.82 Å². The summed E-state index contributed by atoms with van der Waals surface area (Å²) in [5.41, 5.74) is 0.738. The van der Waals surface area contributed by atoms with E-state index in [-0.39, 0.29) is 23.6 Å². The van der Waals surface area contributed by atoms with E-state index in [1.165, 1.54) is 0 Å². The number of aromatic nitrogens is 2. The summed E-state index contributed by atoms with van der Waals surface area (Å²) in [7, 11) is 0. The third kappa shape index (κ3) is 3.18. The molecule has 4 rings (SSSR count). The molecular weight excluding hydrogens is 318 g/mol. The molecule has 2 heterocycles. The zero-order valence-electron chi connectivity index (χ0n) is 14.5. The molecule has 0 N–H and O–H groups in total. The number of para-hydroxylation sites is 1. The predicted octanol–water partition coefficient (Wildman–Crippen LogP) is 1.91. The van der Waals surface area contributed by atoms with E-state index in [4.69, 9.17) is 9.72 Å². The van der Waals surface area contributed by atoms with Gasteiger partial charge in [0.15, 0.2) is 0 Å². The number of hydrogen-bond acceptors (Lipinski definition) is 4. The van der Waals surface area contributed by atoms with Gasteiger partial charge in [-0.05, 0) is 31.9 Å². The summed E-state index contributed by atoms with van der Waals surface area (Å²) in [6.45, 7) is 3.83.